The van der Waals surface area contributed by atoms with E-state index in [1.807, 2.05) is 40.1 Å². The molecular formula is C19H24N4O3. The van der Waals surface area contributed by atoms with Gasteiger partial charge >= 0.3 is 0 Å². The number of nitrogens with two attached hydrogens (primary N) is 1. The molecule has 1 aromatic heterocycles. The lowest BCUT2D eigenvalue weighted by Gasteiger charge is -2.21. The first-order valence-electron chi connectivity index (χ1n) is 8.92. The highest BCUT2D eigenvalue weighted by Gasteiger charge is 2.20. The van der Waals surface area contributed by atoms with Crippen LogP contribution in [-0.2, 0) is 16.0 Å². The number of nitrogens with zero attached hydrogens (tertiary/aromatic N) is 2. The average molecular weight is 356 g/mol. The van der Waals surface area contributed by atoms with Gasteiger partial charge in [-0.3, -0.25) is 19.3 Å². The van der Waals surface area contributed by atoms with Crippen molar-refractivity contribution in [1.82, 2.24) is 14.8 Å². The Labute approximate surface area is 151 Å². The van der Waals surface area contributed by atoms with Gasteiger partial charge in [0, 0.05) is 43.7 Å². The summed E-state index contributed by atoms with van der Waals surface area (Å²) < 4.78 is 0. The van der Waals surface area contributed by atoms with Crippen LogP contribution >= 0.6 is 0 Å². The summed E-state index contributed by atoms with van der Waals surface area (Å²) in [5.41, 5.74) is 6.53. The standard InChI is InChI=1S/C19H24N4O3/c20-17(24)13-22-8-3-9-23(11-10-22)18(25)7-6-15-12-14-4-1-2-5-16(14)21-19(15)26/h1-2,4-5,12H,3,6-11,13H2,(H2,20,24)(H,21,26). The fourth-order valence-electron chi connectivity index (χ4n) is 3.38. The van der Waals surface area contributed by atoms with E-state index < -0.39 is 0 Å². The summed E-state index contributed by atoms with van der Waals surface area (Å²) in [5.74, 6) is -0.307. The SMILES string of the molecule is NC(=O)CN1CCCN(C(=O)CCc2cc3ccccc3[nH]c2=O)CC1. The van der Waals surface area contributed by atoms with Crippen LogP contribution in [0, 0.1) is 0 Å². The maximum atomic E-state index is 12.5. The molecule has 1 aromatic carbocycles. The smallest absolute Gasteiger partial charge is 0.251 e. The van der Waals surface area contributed by atoms with Crippen molar-refractivity contribution in [2.24, 2.45) is 5.73 Å². The van der Waals surface area contributed by atoms with Crippen LogP contribution in [0.25, 0.3) is 10.9 Å². The number of aromatic nitrogens is 1. The van der Waals surface area contributed by atoms with Gasteiger partial charge < -0.3 is 15.6 Å². The van der Waals surface area contributed by atoms with Crippen molar-refractivity contribution >= 4 is 22.7 Å². The van der Waals surface area contributed by atoms with E-state index in [2.05, 4.69) is 4.98 Å². The van der Waals surface area contributed by atoms with Crippen LogP contribution in [0.3, 0.4) is 0 Å². The quantitative estimate of drug-likeness (QED) is 0.814. The number of benzene rings is 1. The molecule has 1 aliphatic rings. The Morgan fingerprint density at radius 1 is 1.12 bits per heavy atom. The minimum atomic E-state index is -0.347. The van der Waals surface area contributed by atoms with Crippen LogP contribution in [0.15, 0.2) is 35.1 Å². The summed E-state index contributed by atoms with van der Waals surface area (Å²) in [5, 5.41) is 0.964. The van der Waals surface area contributed by atoms with Crippen molar-refractivity contribution in [1.29, 1.82) is 0 Å². The fourth-order valence-corrected chi connectivity index (χ4v) is 3.38. The fraction of sp³-hybridized carbons (Fsp3) is 0.421. The largest absolute Gasteiger partial charge is 0.369 e. The molecule has 3 N–H and O–H groups in total. The van der Waals surface area contributed by atoms with Gasteiger partial charge in [-0.2, -0.15) is 0 Å². The van der Waals surface area contributed by atoms with Crippen molar-refractivity contribution < 1.29 is 9.59 Å². The minimum Gasteiger partial charge on any atom is -0.369 e. The molecule has 0 unspecified atom stereocenters. The number of fused-ring (bicyclic) bond motifs is 1. The number of aromatic amines is 1. The van der Waals surface area contributed by atoms with Crippen LogP contribution in [0.2, 0.25) is 0 Å². The molecule has 0 bridgehead atoms. The Morgan fingerprint density at radius 3 is 2.73 bits per heavy atom. The number of carbonyl (C=O) groups is 2. The van der Waals surface area contributed by atoms with Gasteiger partial charge in [-0.15, -0.1) is 0 Å². The highest BCUT2D eigenvalue weighted by Crippen LogP contribution is 2.12. The molecule has 138 valence electrons. The Balaban J connectivity index is 1.59. The summed E-state index contributed by atoms with van der Waals surface area (Å²) in [6, 6.07) is 9.46. The molecule has 7 heteroatoms. The zero-order valence-corrected chi connectivity index (χ0v) is 14.7. The van der Waals surface area contributed by atoms with Gasteiger partial charge in [0.05, 0.1) is 6.54 Å². The first-order valence-corrected chi connectivity index (χ1v) is 8.92. The number of carbonyl (C=O) groups excluding carboxylic acids is 2. The zero-order chi connectivity index (χ0) is 18.5. The van der Waals surface area contributed by atoms with Crippen molar-refractivity contribution in [3.63, 3.8) is 0 Å². The third-order valence-corrected chi connectivity index (χ3v) is 4.76. The number of nitrogens with one attached hydrogen (secondary N) is 1. The van der Waals surface area contributed by atoms with Crippen LogP contribution in [0.5, 0.6) is 0 Å². The molecule has 0 spiro atoms. The van der Waals surface area contributed by atoms with Crippen LogP contribution in [-0.4, -0.2) is 59.3 Å². The van der Waals surface area contributed by atoms with Crippen molar-refractivity contribution in [3.8, 4) is 0 Å². The van der Waals surface area contributed by atoms with Gasteiger partial charge in [0.25, 0.3) is 5.56 Å². The molecule has 2 aromatic rings. The number of hydrogen-bond donors (Lipinski definition) is 2. The van der Waals surface area contributed by atoms with Gasteiger partial charge in [0.15, 0.2) is 0 Å². The van der Waals surface area contributed by atoms with Crippen molar-refractivity contribution in [2.45, 2.75) is 19.3 Å². The topological polar surface area (TPSA) is 99.5 Å². The van der Waals surface area contributed by atoms with Gasteiger partial charge in [-0.1, -0.05) is 18.2 Å². The molecule has 1 aliphatic heterocycles. The number of H-pyrrole nitrogens is 1. The first kappa shape index (κ1) is 18.1. The second kappa shape index (κ2) is 8.14. The number of aryl methyl sites for hydroxylation is 1. The predicted octanol–water partition coefficient (Wildman–Crippen LogP) is 0.480. The molecule has 0 atom stereocenters. The normalized spacial score (nSPS) is 15.8. The van der Waals surface area contributed by atoms with E-state index in [-0.39, 0.29) is 23.9 Å². The second-order valence-corrected chi connectivity index (χ2v) is 6.69. The number of para-hydroxylation sites is 1. The Kier molecular flexibility index (Phi) is 5.68. The predicted molar refractivity (Wildman–Crippen MR) is 99.7 cm³/mol. The highest BCUT2D eigenvalue weighted by atomic mass is 16.2. The Bertz CT molecular complexity index is 861. The summed E-state index contributed by atoms with van der Waals surface area (Å²) in [6.07, 6.45) is 1.54. The summed E-state index contributed by atoms with van der Waals surface area (Å²) >= 11 is 0. The maximum absolute atomic E-state index is 12.5. The molecular weight excluding hydrogens is 332 g/mol. The number of primary amides is 1. The third-order valence-electron chi connectivity index (χ3n) is 4.76. The van der Waals surface area contributed by atoms with Crippen LogP contribution < -0.4 is 11.3 Å². The number of pyridine rings is 1. The van der Waals surface area contributed by atoms with Gasteiger partial charge in [0.1, 0.15) is 0 Å². The minimum absolute atomic E-state index is 0.0403. The summed E-state index contributed by atoms with van der Waals surface area (Å²) in [4.78, 5) is 42.4. The summed E-state index contributed by atoms with van der Waals surface area (Å²) in [7, 11) is 0. The van der Waals surface area contributed by atoms with Gasteiger partial charge in [0.2, 0.25) is 11.8 Å². The van der Waals surface area contributed by atoms with E-state index in [9.17, 15) is 14.4 Å². The van der Waals surface area contributed by atoms with Crippen molar-refractivity contribution in [2.75, 3.05) is 32.7 Å². The molecule has 1 saturated heterocycles. The molecule has 0 saturated carbocycles. The van der Waals surface area contributed by atoms with Crippen LogP contribution in [0.1, 0.15) is 18.4 Å². The van der Waals surface area contributed by atoms with Crippen molar-refractivity contribution in [3.05, 3.63) is 46.2 Å². The molecule has 0 aliphatic carbocycles. The third kappa shape index (κ3) is 4.49. The van der Waals surface area contributed by atoms with E-state index in [4.69, 9.17) is 5.73 Å². The number of hydrogen-bond acceptors (Lipinski definition) is 4. The Hall–Kier alpha value is -2.67. The van der Waals surface area contributed by atoms with E-state index >= 15 is 0 Å². The number of rotatable bonds is 5. The lowest BCUT2D eigenvalue weighted by atomic mass is 10.1. The van der Waals surface area contributed by atoms with E-state index in [1.165, 1.54) is 0 Å². The van der Waals surface area contributed by atoms with E-state index in [0.29, 0.717) is 38.0 Å². The van der Waals surface area contributed by atoms with Gasteiger partial charge in [-0.05, 0) is 30.4 Å². The highest BCUT2D eigenvalue weighted by molar-refractivity contribution is 5.79. The van der Waals surface area contributed by atoms with Gasteiger partial charge in [-0.25, -0.2) is 0 Å². The second-order valence-electron chi connectivity index (χ2n) is 6.69. The molecule has 3 rings (SSSR count). The molecule has 7 nitrogen and oxygen atoms in total. The monoisotopic (exact) mass is 356 g/mol. The average Bonchev–Trinajstić information content (AvgIpc) is 2.84. The zero-order valence-electron chi connectivity index (χ0n) is 14.7. The molecule has 1 fully saturated rings. The Morgan fingerprint density at radius 2 is 1.92 bits per heavy atom. The van der Waals surface area contributed by atoms with E-state index in [0.717, 1.165) is 23.9 Å². The molecule has 2 heterocycles. The maximum Gasteiger partial charge on any atom is 0.251 e. The molecule has 26 heavy (non-hydrogen) atoms. The molecule has 0 radical (unpaired) electrons. The van der Waals surface area contributed by atoms with Crippen LogP contribution in [0.4, 0.5) is 0 Å². The van der Waals surface area contributed by atoms with E-state index in [1.54, 1.807) is 0 Å². The number of amides is 2. The summed E-state index contributed by atoms with van der Waals surface area (Å²) in [6.45, 7) is 2.89. The lowest BCUT2D eigenvalue weighted by Crippen LogP contribution is -2.38. The first-order chi connectivity index (χ1) is 12.5. The lowest BCUT2D eigenvalue weighted by molar-refractivity contribution is -0.131. The molecule has 2 amide bonds.